The molecule has 0 aliphatic carbocycles. The van der Waals surface area contributed by atoms with Crippen molar-refractivity contribution in [2.45, 2.75) is 27.2 Å². The average molecular weight is 425 g/mol. The molecule has 10 nitrogen and oxygen atoms in total. The van der Waals surface area contributed by atoms with Crippen LogP contribution >= 0.6 is 0 Å². The second-order valence-corrected chi connectivity index (χ2v) is 7.36. The van der Waals surface area contributed by atoms with E-state index in [1.165, 1.54) is 6.20 Å². The number of nitrogens with one attached hydrogen (secondary N) is 3. The maximum Gasteiger partial charge on any atom is 0.302 e. The molecule has 0 bridgehead atoms. The van der Waals surface area contributed by atoms with Gasteiger partial charge in [-0.3, -0.25) is 10.1 Å². The number of hydrogen-bond acceptors (Lipinski definition) is 9. The van der Waals surface area contributed by atoms with E-state index in [1.54, 1.807) is 0 Å². The SMILES string of the molecule is CCc1nc(NCCN(C)C)nc(Nc2ncc(C(=O)Nc3c(C)cccc3C)o2)n1. The van der Waals surface area contributed by atoms with E-state index in [0.717, 1.165) is 23.4 Å². The minimum atomic E-state index is -0.381. The van der Waals surface area contributed by atoms with Crippen molar-refractivity contribution >= 4 is 29.5 Å². The molecule has 3 N–H and O–H groups in total. The van der Waals surface area contributed by atoms with Gasteiger partial charge in [-0.1, -0.05) is 25.1 Å². The van der Waals surface area contributed by atoms with Crippen molar-refractivity contribution in [2.24, 2.45) is 0 Å². The Balaban J connectivity index is 1.70. The Kier molecular flexibility index (Phi) is 7.14. The van der Waals surface area contributed by atoms with Crippen molar-refractivity contribution in [2.75, 3.05) is 43.1 Å². The molecule has 31 heavy (non-hydrogen) atoms. The maximum absolute atomic E-state index is 12.6. The van der Waals surface area contributed by atoms with Gasteiger partial charge >= 0.3 is 6.01 Å². The number of carbonyl (C=O) groups excluding carboxylic acids is 1. The minimum absolute atomic E-state index is 0.0826. The summed E-state index contributed by atoms with van der Waals surface area (Å²) < 4.78 is 5.57. The van der Waals surface area contributed by atoms with Crippen LogP contribution in [0.5, 0.6) is 0 Å². The predicted octanol–water partition coefficient (Wildman–Crippen LogP) is 3.01. The van der Waals surface area contributed by atoms with Crippen molar-refractivity contribution < 1.29 is 9.21 Å². The average Bonchev–Trinajstić information content (AvgIpc) is 3.19. The number of amides is 1. The van der Waals surface area contributed by atoms with Gasteiger partial charge in [0.1, 0.15) is 5.82 Å². The summed E-state index contributed by atoms with van der Waals surface area (Å²) in [5.41, 5.74) is 2.70. The summed E-state index contributed by atoms with van der Waals surface area (Å²) in [7, 11) is 3.99. The quantitative estimate of drug-likeness (QED) is 0.476. The Hall–Kier alpha value is -3.53. The molecule has 0 saturated carbocycles. The van der Waals surface area contributed by atoms with Crippen molar-refractivity contribution in [3.05, 3.63) is 47.1 Å². The molecule has 0 atom stereocenters. The predicted molar refractivity (Wildman–Crippen MR) is 120 cm³/mol. The van der Waals surface area contributed by atoms with Crippen LogP contribution in [0.3, 0.4) is 0 Å². The van der Waals surface area contributed by atoms with Crippen LogP contribution < -0.4 is 16.0 Å². The normalized spacial score (nSPS) is 10.9. The number of rotatable bonds is 9. The first-order valence-electron chi connectivity index (χ1n) is 10.1. The molecule has 10 heteroatoms. The van der Waals surface area contributed by atoms with Crippen LogP contribution in [0.25, 0.3) is 0 Å². The summed E-state index contributed by atoms with van der Waals surface area (Å²) in [4.78, 5) is 31.9. The van der Waals surface area contributed by atoms with Crippen LogP contribution in [0.15, 0.2) is 28.8 Å². The monoisotopic (exact) mass is 424 g/mol. The van der Waals surface area contributed by atoms with Crippen LogP contribution in [-0.2, 0) is 6.42 Å². The fourth-order valence-corrected chi connectivity index (χ4v) is 2.82. The molecule has 0 aliphatic heterocycles. The van der Waals surface area contributed by atoms with Gasteiger partial charge in [0.2, 0.25) is 17.7 Å². The van der Waals surface area contributed by atoms with Crippen molar-refractivity contribution in [3.8, 4) is 0 Å². The first-order valence-corrected chi connectivity index (χ1v) is 10.1. The number of likely N-dealkylation sites (N-methyl/N-ethyl adjacent to an activating group) is 1. The van der Waals surface area contributed by atoms with Crippen LogP contribution in [0.4, 0.5) is 23.6 Å². The Morgan fingerprint density at radius 3 is 2.48 bits per heavy atom. The Labute approximate surface area is 181 Å². The second-order valence-electron chi connectivity index (χ2n) is 7.36. The fourth-order valence-electron chi connectivity index (χ4n) is 2.82. The van der Waals surface area contributed by atoms with E-state index in [4.69, 9.17) is 4.42 Å². The number of nitrogens with zero attached hydrogens (tertiary/aromatic N) is 5. The molecular formula is C21H28N8O2. The van der Waals surface area contributed by atoms with E-state index < -0.39 is 0 Å². The van der Waals surface area contributed by atoms with Crippen molar-refractivity contribution in [1.82, 2.24) is 24.8 Å². The topological polar surface area (TPSA) is 121 Å². The molecule has 1 amide bonds. The number of benzene rings is 1. The lowest BCUT2D eigenvalue weighted by Gasteiger charge is -2.11. The number of carbonyl (C=O) groups is 1. The molecule has 2 aromatic heterocycles. The molecule has 2 heterocycles. The van der Waals surface area contributed by atoms with Crippen molar-refractivity contribution in [3.63, 3.8) is 0 Å². The second kappa shape index (κ2) is 9.98. The van der Waals surface area contributed by atoms with Gasteiger partial charge in [0, 0.05) is 25.2 Å². The third kappa shape index (κ3) is 5.98. The zero-order chi connectivity index (χ0) is 22.4. The Bertz CT molecular complexity index is 1030. The molecule has 0 fully saturated rings. The molecule has 3 aromatic rings. The smallest absolute Gasteiger partial charge is 0.302 e. The summed E-state index contributed by atoms with van der Waals surface area (Å²) in [6.45, 7) is 7.37. The van der Waals surface area contributed by atoms with E-state index in [0.29, 0.717) is 30.7 Å². The number of anilines is 4. The number of hydrogen-bond donors (Lipinski definition) is 3. The number of aromatic nitrogens is 4. The summed E-state index contributed by atoms with van der Waals surface area (Å²) in [6.07, 6.45) is 2.01. The fraction of sp³-hybridized carbons (Fsp3) is 0.381. The maximum atomic E-state index is 12.6. The molecule has 0 saturated heterocycles. The Morgan fingerprint density at radius 1 is 1.10 bits per heavy atom. The number of para-hydroxylation sites is 1. The van der Waals surface area contributed by atoms with Crippen LogP contribution in [0.2, 0.25) is 0 Å². The zero-order valence-corrected chi connectivity index (χ0v) is 18.5. The molecule has 0 unspecified atom stereocenters. The number of oxazole rings is 1. The highest BCUT2D eigenvalue weighted by atomic mass is 16.4. The van der Waals surface area contributed by atoms with Gasteiger partial charge in [0.25, 0.3) is 5.91 Å². The van der Waals surface area contributed by atoms with Gasteiger partial charge in [-0.15, -0.1) is 0 Å². The van der Waals surface area contributed by atoms with Crippen molar-refractivity contribution in [1.29, 1.82) is 0 Å². The lowest BCUT2D eigenvalue weighted by molar-refractivity contribution is 0.0997. The summed E-state index contributed by atoms with van der Waals surface area (Å²) in [6, 6.07) is 5.94. The lowest BCUT2D eigenvalue weighted by Crippen LogP contribution is -2.22. The van der Waals surface area contributed by atoms with E-state index in [1.807, 2.05) is 53.1 Å². The van der Waals surface area contributed by atoms with Crippen LogP contribution in [0.1, 0.15) is 34.4 Å². The third-order valence-corrected chi connectivity index (χ3v) is 4.51. The standard InChI is InChI=1S/C21H28N8O2/c1-6-16-24-19(22-10-11-29(4)5)27-20(25-16)28-21-23-12-15(31-21)18(30)26-17-13(2)8-7-9-14(17)3/h7-9,12H,6,10-11H2,1-5H3,(H,26,30)(H2,22,23,24,25,27,28). The largest absolute Gasteiger partial charge is 0.418 e. The highest BCUT2D eigenvalue weighted by Crippen LogP contribution is 2.21. The first kappa shape index (κ1) is 22.2. The van der Waals surface area contributed by atoms with E-state index in [-0.39, 0.29) is 17.7 Å². The van der Waals surface area contributed by atoms with Gasteiger partial charge in [0.15, 0.2) is 0 Å². The van der Waals surface area contributed by atoms with Gasteiger partial charge < -0.3 is 20.0 Å². The molecular weight excluding hydrogens is 396 g/mol. The van der Waals surface area contributed by atoms with Gasteiger partial charge in [-0.2, -0.15) is 15.0 Å². The molecule has 3 rings (SSSR count). The molecule has 0 radical (unpaired) electrons. The molecule has 164 valence electrons. The third-order valence-electron chi connectivity index (χ3n) is 4.51. The number of aryl methyl sites for hydroxylation is 3. The highest BCUT2D eigenvalue weighted by Gasteiger charge is 2.16. The first-order chi connectivity index (χ1) is 14.9. The Morgan fingerprint density at radius 2 is 1.81 bits per heavy atom. The lowest BCUT2D eigenvalue weighted by atomic mass is 10.1. The molecule has 0 spiro atoms. The minimum Gasteiger partial charge on any atom is -0.418 e. The van der Waals surface area contributed by atoms with E-state index >= 15 is 0 Å². The van der Waals surface area contributed by atoms with Gasteiger partial charge in [0.05, 0.1) is 6.20 Å². The van der Waals surface area contributed by atoms with Gasteiger partial charge in [-0.05, 0) is 39.1 Å². The summed E-state index contributed by atoms with van der Waals surface area (Å²) in [5.74, 6) is 1.09. The molecule has 0 aliphatic rings. The zero-order valence-electron chi connectivity index (χ0n) is 18.5. The van der Waals surface area contributed by atoms with E-state index in [9.17, 15) is 4.79 Å². The summed E-state index contributed by atoms with van der Waals surface area (Å²) in [5, 5.41) is 8.96. The molecule has 1 aromatic carbocycles. The summed E-state index contributed by atoms with van der Waals surface area (Å²) >= 11 is 0. The highest BCUT2D eigenvalue weighted by molar-refractivity contribution is 6.03. The van der Waals surface area contributed by atoms with Crippen LogP contribution in [0, 0.1) is 13.8 Å². The van der Waals surface area contributed by atoms with Gasteiger partial charge in [-0.25, -0.2) is 4.98 Å². The van der Waals surface area contributed by atoms with E-state index in [2.05, 4.69) is 40.8 Å². The van der Waals surface area contributed by atoms with Crippen LogP contribution in [-0.4, -0.2) is 57.9 Å².